The fourth-order valence-electron chi connectivity index (χ4n) is 1.85. The van der Waals surface area contributed by atoms with E-state index in [4.69, 9.17) is 8.83 Å². The summed E-state index contributed by atoms with van der Waals surface area (Å²) in [6, 6.07) is 7.05. The average Bonchev–Trinajstić information content (AvgIpc) is 3.19. The molecule has 0 aliphatic heterocycles. The number of nitrogens with zero attached hydrogens (tertiary/aromatic N) is 3. The second-order valence-electron chi connectivity index (χ2n) is 4.04. The summed E-state index contributed by atoms with van der Waals surface area (Å²) in [7, 11) is 0. The van der Waals surface area contributed by atoms with E-state index < -0.39 is 0 Å². The zero-order valence-corrected chi connectivity index (χ0v) is 10.8. The maximum absolute atomic E-state index is 12.2. The molecule has 0 saturated heterocycles. The molecule has 0 atom stereocenters. The van der Waals surface area contributed by atoms with Gasteiger partial charge in [-0.25, -0.2) is 0 Å². The van der Waals surface area contributed by atoms with Gasteiger partial charge in [-0.2, -0.15) is 9.50 Å². The normalized spacial score (nSPS) is 12.5. The lowest BCUT2D eigenvalue weighted by Crippen LogP contribution is -2.23. The third-order valence-electron chi connectivity index (χ3n) is 2.74. The first kappa shape index (κ1) is 11.2. The van der Waals surface area contributed by atoms with Crippen LogP contribution in [-0.4, -0.2) is 14.6 Å². The summed E-state index contributed by atoms with van der Waals surface area (Å²) in [4.78, 5) is 17.0. The van der Waals surface area contributed by atoms with E-state index in [1.165, 1.54) is 15.9 Å². The number of rotatable bonds is 2. The Labute approximate surface area is 115 Å². The van der Waals surface area contributed by atoms with Crippen LogP contribution in [0.25, 0.3) is 22.6 Å². The largest absolute Gasteiger partial charge is 0.465 e. The Kier molecular flexibility index (Phi) is 2.33. The van der Waals surface area contributed by atoms with Gasteiger partial charge in [-0.3, -0.25) is 4.79 Å². The van der Waals surface area contributed by atoms with Crippen molar-refractivity contribution in [1.82, 2.24) is 14.6 Å². The Morgan fingerprint density at radius 1 is 1.20 bits per heavy atom. The van der Waals surface area contributed by atoms with Gasteiger partial charge in [0.15, 0.2) is 5.76 Å². The summed E-state index contributed by atoms with van der Waals surface area (Å²) in [6.45, 7) is 0. The molecule has 98 valence electrons. The van der Waals surface area contributed by atoms with E-state index in [9.17, 15) is 4.79 Å². The van der Waals surface area contributed by atoms with E-state index >= 15 is 0 Å². The molecule has 7 heteroatoms. The predicted molar refractivity (Wildman–Crippen MR) is 72.3 cm³/mol. The van der Waals surface area contributed by atoms with Gasteiger partial charge in [0.2, 0.25) is 10.8 Å². The van der Waals surface area contributed by atoms with Crippen LogP contribution >= 0.6 is 11.3 Å². The summed E-state index contributed by atoms with van der Waals surface area (Å²) in [5.41, 5.74) is -0.216. The first-order valence-electron chi connectivity index (χ1n) is 5.80. The van der Waals surface area contributed by atoms with Crippen LogP contribution in [0.5, 0.6) is 0 Å². The molecule has 0 unspecified atom stereocenters. The molecule has 0 amide bonds. The van der Waals surface area contributed by atoms with E-state index in [0.29, 0.717) is 26.8 Å². The standard InChI is InChI=1S/C13H7N3O3S/c17-12-10(7-8-3-1-5-18-8)20-13-14-11(15-16(12)13)9-4-2-6-19-9/h1-7H/b10-7-. The predicted octanol–water partition coefficient (Wildman–Crippen LogP) is 1.55. The highest BCUT2D eigenvalue weighted by Gasteiger charge is 2.13. The van der Waals surface area contributed by atoms with Crippen LogP contribution in [0, 0.1) is 0 Å². The number of hydrogen-bond acceptors (Lipinski definition) is 6. The molecule has 4 aromatic rings. The fraction of sp³-hybridized carbons (Fsp3) is 0. The zero-order chi connectivity index (χ0) is 13.5. The molecule has 6 nitrogen and oxygen atoms in total. The van der Waals surface area contributed by atoms with E-state index in [0.717, 1.165) is 0 Å². The van der Waals surface area contributed by atoms with Gasteiger partial charge in [0.1, 0.15) is 10.3 Å². The highest BCUT2D eigenvalue weighted by atomic mass is 32.1. The molecule has 0 N–H and O–H groups in total. The van der Waals surface area contributed by atoms with E-state index in [1.807, 2.05) is 0 Å². The molecule has 4 rings (SSSR count). The SMILES string of the molecule is O=c1/c(=C/c2ccco2)sc2nc(-c3ccco3)nn12. The van der Waals surface area contributed by atoms with E-state index in [-0.39, 0.29) is 5.56 Å². The summed E-state index contributed by atoms with van der Waals surface area (Å²) in [5.74, 6) is 1.57. The number of thiazole rings is 1. The van der Waals surface area contributed by atoms with Crippen LogP contribution in [0.4, 0.5) is 0 Å². The molecule has 20 heavy (non-hydrogen) atoms. The number of hydrogen-bond donors (Lipinski definition) is 0. The molecule has 0 spiro atoms. The number of fused-ring (bicyclic) bond motifs is 1. The molecular weight excluding hydrogens is 278 g/mol. The molecule has 4 heterocycles. The van der Waals surface area contributed by atoms with Gasteiger partial charge in [-0.1, -0.05) is 11.3 Å². The molecule has 0 aliphatic carbocycles. The van der Waals surface area contributed by atoms with Crippen molar-refractivity contribution in [3.05, 3.63) is 57.4 Å². The Balaban J connectivity index is 1.90. The third kappa shape index (κ3) is 1.68. The summed E-state index contributed by atoms with van der Waals surface area (Å²) >= 11 is 1.26. The van der Waals surface area contributed by atoms with Crippen LogP contribution in [0.2, 0.25) is 0 Å². The minimum Gasteiger partial charge on any atom is -0.465 e. The minimum atomic E-state index is -0.216. The summed E-state index contributed by atoms with van der Waals surface area (Å²) < 4.78 is 12.2. The first-order chi connectivity index (χ1) is 9.81. The van der Waals surface area contributed by atoms with Crippen LogP contribution < -0.4 is 10.1 Å². The molecule has 0 aromatic carbocycles. The lowest BCUT2D eigenvalue weighted by atomic mass is 10.4. The monoisotopic (exact) mass is 285 g/mol. The molecular formula is C13H7N3O3S. The Morgan fingerprint density at radius 2 is 2.05 bits per heavy atom. The topological polar surface area (TPSA) is 73.5 Å². The van der Waals surface area contributed by atoms with Gasteiger partial charge in [-0.05, 0) is 24.3 Å². The second-order valence-corrected chi connectivity index (χ2v) is 5.05. The van der Waals surface area contributed by atoms with Crippen molar-refractivity contribution in [1.29, 1.82) is 0 Å². The molecule has 0 saturated carbocycles. The Morgan fingerprint density at radius 3 is 2.75 bits per heavy atom. The highest BCUT2D eigenvalue weighted by molar-refractivity contribution is 7.15. The van der Waals surface area contributed by atoms with Crippen molar-refractivity contribution in [3.63, 3.8) is 0 Å². The zero-order valence-electron chi connectivity index (χ0n) is 10.0. The van der Waals surface area contributed by atoms with Crippen LogP contribution in [-0.2, 0) is 0 Å². The fourth-order valence-corrected chi connectivity index (χ4v) is 2.73. The average molecular weight is 285 g/mol. The van der Waals surface area contributed by atoms with Crippen LogP contribution in [0.3, 0.4) is 0 Å². The minimum absolute atomic E-state index is 0.216. The van der Waals surface area contributed by atoms with E-state index in [2.05, 4.69) is 10.1 Å². The van der Waals surface area contributed by atoms with Crippen LogP contribution in [0.1, 0.15) is 5.76 Å². The van der Waals surface area contributed by atoms with E-state index in [1.54, 1.807) is 42.9 Å². The van der Waals surface area contributed by atoms with Crippen molar-refractivity contribution >= 4 is 22.4 Å². The van der Waals surface area contributed by atoms with Gasteiger partial charge in [-0.15, -0.1) is 5.10 Å². The Hall–Kier alpha value is -2.67. The van der Waals surface area contributed by atoms with Crippen molar-refractivity contribution in [2.45, 2.75) is 0 Å². The van der Waals surface area contributed by atoms with Crippen molar-refractivity contribution in [2.75, 3.05) is 0 Å². The maximum atomic E-state index is 12.2. The lowest BCUT2D eigenvalue weighted by Gasteiger charge is -1.84. The molecule has 4 aromatic heterocycles. The molecule has 0 fully saturated rings. The van der Waals surface area contributed by atoms with Crippen LogP contribution in [0.15, 0.2) is 50.4 Å². The number of aromatic nitrogens is 3. The summed E-state index contributed by atoms with van der Waals surface area (Å²) in [6.07, 6.45) is 4.77. The smallest absolute Gasteiger partial charge is 0.291 e. The van der Waals surface area contributed by atoms with Gasteiger partial charge < -0.3 is 8.83 Å². The molecule has 0 bridgehead atoms. The number of furan rings is 2. The molecule has 0 radical (unpaired) electrons. The van der Waals surface area contributed by atoms with Crippen molar-refractivity contribution in [3.8, 4) is 11.6 Å². The summed E-state index contributed by atoms with van der Waals surface area (Å²) in [5, 5.41) is 4.16. The maximum Gasteiger partial charge on any atom is 0.291 e. The first-order valence-corrected chi connectivity index (χ1v) is 6.61. The van der Waals surface area contributed by atoms with Gasteiger partial charge >= 0.3 is 0 Å². The lowest BCUT2D eigenvalue weighted by molar-refractivity contribution is 0.556. The quantitative estimate of drug-likeness (QED) is 0.558. The highest BCUT2D eigenvalue weighted by Crippen LogP contribution is 2.16. The van der Waals surface area contributed by atoms with Gasteiger partial charge in [0.25, 0.3) is 5.56 Å². The second kappa shape index (κ2) is 4.17. The Bertz CT molecular complexity index is 965. The molecule has 0 aliphatic rings. The van der Waals surface area contributed by atoms with Crippen molar-refractivity contribution in [2.24, 2.45) is 0 Å². The van der Waals surface area contributed by atoms with Gasteiger partial charge in [0, 0.05) is 6.08 Å². The van der Waals surface area contributed by atoms with Crippen molar-refractivity contribution < 1.29 is 8.83 Å². The van der Waals surface area contributed by atoms with Gasteiger partial charge in [0.05, 0.1) is 12.5 Å². The third-order valence-corrected chi connectivity index (χ3v) is 3.70.